The van der Waals surface area contributed by atoms with E-state index in [1.54, 1.807) is 0 Å². The Hall–Kier alpha value is -1.39. The summed E-state index contributed by atoms with van der Waals surface area (Å²) < 4.78 is 103. The molecule has 11 heteroatoms. The summed E-state index contributed by atoms with van der Waals surface area (Å²) in [5.41, 5.74) is -0.371. The molecule has 122 valence electrons. The van der Waals surface area contributed by atoms with Gasteiger partial charge in [-0.1, -0.05) is 0 Å². The molecule has 0 saturated heterocycles. The van der Waals surface area contributed by atoms with E-state index in [-0.39, 0.29) is 0 Å². The smallest absolute Gasteiger partial charge is 0.325 e. The Balaban J connectivity index is 3.75. The van der Waals surface area contributed by atoms with Crippen LogP contribution in [0.25, 0.3) is 0 Å². The number of hydrogen-bond donors (Lipinski definition) is 1. The van der Waals surface area contributed by atoms with Gasteiger partial charge in [-0.05, 0) is 13.8 Å². The first-order valence-corrected chi connectivity index (χ1v) is 5.58. The van der Waals surface area contributed by atoms with Crippen LogP contribution in [0.2, 0.25) is 0 Å². The monoisotopic (exact) mass is 325 g/mol. The van der Waals surface area contributed by atoms with Crippen LogP contribution in [0.3, 0.4) is 0 Å². The summed E-state index contributed by atoms with van der Waals surface area (Å²) in [5, 5.41) is 2.83. The van der Waals surface area contributed by atoms with Crippen molar-refractivity contribution in [3.63, 3.8) is 0 Å². The molecule has 0 bridgehead atoms. The molecule has 3 nitrogen and oxygen atoms in total. The standard InChI is InChI=1S/C10H11F8N3/c1-4(2)21-5(3-19)6(9(13,14)15)7(20-21)8(11,12)10(16,17)18/h4H,3,19H2,1-2H3. The zero-order valence-electron chi connectivity index (χ0n) is 10.8. The largest absolute Gasteiger partial charge is 0.459 e. The van der Waals surface area contributed by atoms with E-state index in [2.05, 4.69) is 5.10 Å². The molecule has 2 N–H and O–H groups in total. The molecule has 0 aliphatic heterocycles. The number of halogens is 8. The van der Waals surface area contributed by atoms with Gasteiger partial charge in [0.2, 0.25) is 0 Å². The Kier molecular flexibility index (Phi) is 4.30. The van der Waals surface area contributed by atoms with Gasteiger partial charge in [0.15, 0.2) is 5.69 Å². The molecular weight excluding hydrogens is 314 g/mol. The Labute approximate surface area is 113 Å². The lowest BCUT2D eigenvalue weighted by molar-refractivity contribution is -0.292. The Morgan fingerprint density at radius 1 is 1.05 bits per heavy atom. The van der Waals surface area contributed by atoms with Crippen LogP contribution in [0.4, 0.5) is 35.1 Å². The molecule has 0 atom stereocenters. The molecule has 1 heterocycles. The summed E-state index contributed by atoms with van der Waals surface area (Å²) >= 11 is 0. The first-order chi connectivity index (χ1) is 9.25. The van der Waals surface area contributed by atoms with Gasteiger partial charge >= 0.3 is 18.3 Å². The fourth-order valence-corrected chi connectivity index (χ4v) is 1.74. The summed E-state index contributed by atoms with van der Waals surface area (Å²) in [6.07, 6.45) is -11.6. The Morgan fingerprint density at radius 3 is 1.81 bits per heavy atom. The number of nitrogens with two attached hydrogens (primary N) is 1. The molecule has 0 saturated carbocycles. The van der Waals surface area contributed by atoms with Gasteiger partial charge in [0, 0.05) is 12.6 Å². The molecule has 0 amide bonds. The van der Waals surface area contributed by atoms with Crippen molar-refractivity contribution in [1.82, 2.24) is 9.78 Å². The lowest BCUT2D eigenvalue weighted by Gasteiger charge is -2.19. The van der Waals surface area contributed by atoms with Crippen molar-refractivity contribution in [2.75, 3.05) is 0 Å². The van der Waals surface area contributed by atoms with E-state index in [0.29, 0.717) is 4.68 Å². The third-order valence-electron chi connectivity index (χ3n) is 2.63. The molecule has 0 aromatic carbocycles. The molecule has 0 aliphatic rings. The van der Waals surface area contributed by atoms with E-state index in [9.17, 15) is 35.1 Å². The Morgan fingerprint density at radius 2 is 1.52 bits per heavy atom. The van der Waals surface area contributed by atoms with Crippen molar-refractivity contribution in [3.8, 4) is 0 Å². The third-order valence-corrected chi connectivity index (χ3v) is 2.63. The number of nitrogens with zero attached hydrogens (tertiary/aromatic N) is 2. The predicted molar refractivity (Wildman–Crippen MR) is 55.5 cm³/mol. The zero-order chi connectivity index (χ0) is 16.8. The second-order valence-electron chi connectivity index (χ2n) is 4.48. The van der Waals surface area contributed by atoms with Crippen molar-refractivity contribution < 1.29 is 35.1 Å². The van der Waals surface area contributed by atoms with Crippen molar-refractivity contribution in [2.24, 2.45) is 5.73 Å². The average Bonchev–Trinajstić information content (AvgIpc) is 2.66. The predicted octanol–water partition coefficient (Wildman–Crippen LogP) is 3.60. The van der Waals surface area contributed by atoms with E-state index in [1.165, 1.54) is 13.8 Å². The lowest BCUT2D eigenvalue weighted by atomic mass is 10.1. The van der Waals surface area contributed by atoms with Crippen LogP contribution in [0.15, 0.2) is 0 Å². The fraction of sp³-hybridized carbons (Fsp3) is 0.700. The van der Waals surface area contributed by atoms with Crippen molar-refractivity contribution in [3.05, 3.63) is 17.0 Å². The van der Waals surface area contributed by atoms with Crippen molar-refractivity contribution in [2.45, 2.75) is 44.7 Å². The second kappa shape index (κ2) is 5.11. The lowest BCUT2D eigenvalue weighted by Crippen LogP contribution is -2.36. The van der Waals surface area contributed by atoms with Gasteiger partial charge in [-0.15, -0.1) is 0 Å². The number of aromatic nitrogens is 2. The summed E-state index contributed by atoms with van der Waals surface area (Å²) in [6.45, 7) is 1.68. The summed E-state index contributed by atoms with van der Waals surface area (Å²) in [7, 11) is 0. The third kappa shape index (κ3) is 2.97. The molecule has 1 aromatic heterocycles. The van der Waals surface area contributed by atoms with Gasteiger partial charge in [-0.25, -0.2) is 0 Å². The fourth-order valence-electron chi connectivity index (χ4n) is 1.74. The van der Waals surface area contributed by atoms with Crippen molar-refractivity contribution in [1.29, 1.82) is 0 Å². The van der Waals surface area contributed by atoms with Crippen molar-refractivity contribution >= 4 is 0 Å². The van der Waals surface area contributed by atoms with E-state index >= 15 is 0 Å². The number of rotatable bonds is 3. The SMILES string of the molecule is CC(C)n1nc(C(F)(F)C(F)(F)F)c(C(F)(F)F)c1CN. The summed E-state index contributed by atoms with van der Waals surface area (Å²) in [5.74, 6) is -5.73. The quantitative estimate of drug-likeness (QED) is 0.863. The minimum Gasteiger partial charge on any atom is -0.325 e. The number of hydrogen-bond acceptors (Lipinski definition) is 2. The molecule has 1 rings (SSSR count). The van der Waals surface area contributed by atoms with E-state index in [1.807, 2.05) is 0 Å². The highest BCUT2D eigenvalue weighted by molar-refractivity contribution is 5.33. The van der Waals surface area contributed by atoms with Gasteiger partial charge < -0.3 is 5.73 Å². The highest BCUT2D eigenvalue weighted by atomic mass is 19.4. The van der Waals surface area contributed by atoms with Crippen LogP contribution in [0, 0.1) is 0 Å². The average molecular weight is 325 g/mol. The first-order valence-electron chi connectivity index (χ1n) is 5.58. The molecular formula is C10H11F8N3. The van der Waals surface area contributed by atoms with Crippen LogP contribution in [-0.4, -0.2) is 16.0 Å². The zero-order valence-corrected chi connectivity index (χ0v) is 10.8. The van der Waals surface area contributed by atoms with Crippen LogP contribution in [0.1, 0.15) is 36.8 Å². The molecule has 21 heavy (non-hydrogen) atoms. The second-order valence-corrected chi connectivity index (χ2v) is 4.48. The molecule has 0 spiro atoms. The van der Waals surface area contributed by atoms with Crippen LogP contribution < -0.4 is 5.73 Å². The normalized spacial score (nSPS) is 14.1. The van der Waals surface area contributed by atoms with E-state index in [4.69, 9.17) is 5.73 Å². The minimum atomic E-state index is -6.20. The molecule has 1 aromatic rings. The number of alkyl halides is 8. The van der Waals surface area contributed by atoms with Gasteiger partial charge in [0.1, 0.15) is 5.56 Å². The molecule has 0 aliphatic carbocycles. The van der Waals surface area contributed by atoms with Gasteiger partial charge in [0.05, 0.1) is 5.69 Å². The first kappa shape index (κ1) is 17.7. The molecule has 0 unspecified atom stereocenters. The maximum absolute atomic E-state index is 13.3. The highest BCUT2D eigenvalue weighted by Crippen LogP contribution is 2.48. The Bertz CT molecular complexity index is 512. The van der Waals surface area contributed by atoms with Gasteiger partial charge in [0.25, 0.3) is 0 Å². The molecule has 0 fully saturated rings. The van der Waals surface area contributed by atoms with Crippen LogP contribution >= 0.6 is 0 Å². The van der Waals surface area contributed by atoms with Gasteiger partial charge in [-0.2, -0.15) is 40.2 Å². The maximum atomic E-state index is 13.3. The van der Waals surface area contributed by atoms with Gasteiger partial charge in [-0.3, -0.25) is 4.68 Å². The van der Waals surface area contributed by atoms with E-state index in [0.717, 1.165) is 0 Å². The van der Waals surface area contributed by atoms with E-state index < -0.39 is 47.8 Å². The topological polar surface area (TPSA) is 43.8 Å². The molecule has 0 radical (unpaired) electrons. The summed E-state index contributed by atoms with van der Waals surface area (Å²) in [4.78, 5) is 0. The minimum absolute atomic E-state index is 0.428. The highest BCUT2D eigenvalue weighted by Gasteiger charge is 2.64. The van der Waals surface area contributed by atoms with Crippen LogP contribution in [0.5, 0.6) is 0 Å². The summed E-state index contributed by atoms with van der Waals surface area (Å²) in [6, 6.07) is -0.873. The maximum Gasteiger partial charge on any atom is 0.459 e. The van der Waals surface area contributed by atoms with Crippen LogP contribution in [-0.2, 0) is 18.6 Å².